The molecule has 136 valence electrons. The molecule has 0 fully saturated rings. The minimum absolute atomic E-state index is 0.480. The highest BCUT2D eigenvalue weighted by Crippen LogP contribution is 2.29. The molecule has 0 aliphatic rings. The molecule has 1 N–H and O–H groups in total. The molecule has 0 amide bonds. The molecule has 0 radical (unpaired) electrons. The van der Waals surface area contributed by atoms with Crippen molar-refractivity contribution in [3.8, 4) is 5.88 Å². The zero-order valence-electron chi connectivity index (χ0n) is 15.3. The molecule has 1 aromatic carbocycles. The number of anilines is 2. The second-order valence-corrected chi connectivity index (χ2v) is 6.18. The van der Waals surface area contributed by atoms with E-state index in [1.165, 1.54) is 11.9 Å². The summed E-state index contributed by atoms with van der Waals surface area (Å²) in [5.74, 6) is 2.15. The number of fused-ring (bicyclic) bond motifs is 1. The van der Waals surface area contributed by atoms with Crippen LogP contribution >= 0.6 is 0 Å². The molecule has 4 rings (SSSR count). The number of hydrogen-bond acceptors (Lipinski definition) is 6. The lowest BCUT2D eigenvalue weighted by atomic mass is 10.1. The van der Waals surface area contributed by atoms with Gasteiger partial charge in [-0.2, -0.15) is 4.98 Å². The first-order valence-corrected chi connectivity index (χ1v) is 8.72. The largest absolute Gasteiger partial charge is 0.479 e. The molecule has 7 nitrogen and oxygen atoms in total. The molecular weight excluding hydrogens is 340 g/mol. The monoisotopic (exact) mass is 360 g/mol. The second-order valence-electron chi connectivity index (χ2n) is 6.18. The predicted molar refractivity (Wildman–Crippen MR) is 104 cm³/mol. The topological polar surface area (TPSA) is 77.8 Å². The standard InChI is InChI=1S/C20H20N6O/c1-26-16-12-15(23-17-10-11-21-13-22-17)20(27-2)25-19(16)24-18(26)9-8-14-6-4-3-5-7-14/h3-7,10-13H,8-9H2,1-2H3,(H,21,22,23). The summed E-state index contributed by atoms with van der Waals surface area (Å²) < 4.78 is 7.52. The Morgan fingerprint density at radius 1 is 1.07 bits per heavy atom. The number of aryl methyl sites for hydroxylation is 3. The first-order chi connectivity index (χ1) is 13.2. The van der Waals surface area contributed by atoms with Crippen LogP contribution in [-0.4, -0.2) is 31.6 Å². The summed E-state index contributed by atoms with van der Waals surface area (Å²) in [5, 5.41) is 3.23. The Balaban J connectivity index is 1.65. The van der Waals surface area contributed by atoms with Gasteiger partial charge in [-0.1, -0.05) is 30.3 Å². The molecule has 27 heavy (non-hydrogen) atoms. The lowest BCUT2D eigenvalue weighted by Crippen LogP contribution is -2.01. The van der Waals surface area contributed by atoms with Gasteiger partial charge >= 0.3 is 0 Å². The van der Waals surface area contributed by atoms with Crippen LogP contribution in [0.5, 0.6) is 5.88 Å². The van der Waals surface area contributed by atoms with E-state index in [2.05, 4.69) is 49.1 Å². The third-order valence-electron chi connectivity index (χ3n) is 4.45. The lowest BCUT2D eigenvalue weighted by Gasteiger charge is -2.10. The highest BCUT2D eigenvalue weighted by molar-refractivity contribution is 5.80. The smallest absolute Gasteiger partial charge is 0.239 e. The molecule has 0 saturated carbocycles. The number of imidazole rings is 1. The average molecular weight is 360 g/mol. The van der Waals surface area contributed by atoms with Gasteiger partial charge in [0.2, 0.25) is 5.88 Å². The zero-order chi connectivity index (χ0) is 18.6. The normalized spacial score (nSPS) is 10.9. The van der Waals surface area contributed by atoms with E-state index in [0.29, 0.717) is 17.3 Å². The third-order valence-corrected chi connectivity index (χ3v) is 4.45. The Morgan fingerprint density at radius 2 is 1.93 bits per heavy atom. The molecule has 4 aromatic rings. The van der Waals surface area contributed by atoms with Gasteiger partial charge < -0.3 is 14.6 Å². The number of ether oxygens (including phenoxy) is 1. The molecule has 0 unspecified atom stereocenters. The summed E-state index contributed by atoms with van der Waals surface area (Å²) >= 11 is 0. The molecule has 0 aliphatic carbocycles. The lowest BCUT2D eigenvalue weighted by molar-refractivity contribution is 0.401. The SMILES string of the molecule is COc1nc2nc(CCc3ccccc3)n(C)c2cc1Nc1ccncn1. The van der Waals surface area contributed by atoms with Gasteiger partial charge in [-0.25, -0.2) is 15.0 Å². The third kappa shape index (κ3) is 3.57. The Morgan fingerprint density at radius 3 is 2.67 bits per heavy atom. The maximum absolute atomic E-state index is 5.44. The molecule has 0 spiro atoms. The molecule has 0 bridgehead atoms. The number of methoxy groups -OCH3 is 1. The molecule has 3 aromatic heterocycles. The van der Waals surface area contributed by atoms with E-state index in [0.717, 1.165) is 29.9 Å². The number of nitrogens with one attached hydrogen (secondary N) is 1. The number of rotatable bonds is 6. The van der Waals surface area contributed by atoms with Crippen molar-refractivity contribution < 1.29 is 4.74 Å². The van der Waals surface area contributed by atoms with Crippen LogP contribution in [0.1, 0.15) is 11.4 Å². The van der Waals surface area contributed by atoms with E-state index in [1.807, 2.05) is 19.2 Å². The van der Waals surface area contributed by atoms with Crippen molar-refractivity contribution >= 4 is 22.7 Å². The molecule has 0 aliphatic heterocycles. The van der Waals surface area contributed by atoms with Crippen LogP contribution in [0.25, 0.3) is 11.2 Å². The summed E-state index contributed by atoms with van der Waals surface area (Å²) in [7, 11) is 3.61. The van der Waals surface area contributed by atoms with E-state index in [9.17, 15) is 0 Å². The van der Waals surface area contributed by atoms with Gasteiger partial charge in [0.25, 0.3) is 0 Å². The van der Waals surface area contributed by atoms with Crippen LogP contribution < -0.4 is 10.1 Å². The molecule has 0 saturated heterocycles. The number of hydrogen-bond donors (Lipinski definition) is 1. The van der Waals surface area contributed by atoms with E-state index in [4.69, 9.17) is 9.72 Å². The fraction of sp³-hybridized carbons (Fsp3) is 0.200. The Hall–Kier alpha value is -3.48. The van der Waals surface area contributed by atoms with Crippen molar-refractivity contribution in [2.45, 2.75) is 12.8 Å². The van der Waals surface area contributed by atoms with E-state index in [1.54, 1.807) is 19.4 Å². The first kappa shape index (κ1) is 17.0. The van der Waals surface area contributed by atoms with Gasteiger partial charge in [-0.05, 0) is 24.1 Å². The quantitative estimate of drug-likeness (QED) is 0.568. The van der Waals surface area contributed by atoms with Gasteiger partial charge in [0.05, 0.1) is 12.6 Å². The van der Waals surface area contributed by atoms with Gasteiger partial charge in [-0.3, -0.25) is 0 Å². The fourth-order valence-electron chi connectivity index (χ4n) is 3.01. The van der Waals surface area contributed by atoms with Crippen LogP contribution in [0.3, 0.4) is 0 Å². The van der Waals surface area contributed by atoms with Crippen molar-refractivity contribution in [2.75, 3.05) is 12.4 Å². The maximum Gasteiger partial charge on any atom is 0.239 e. The van der Waals surface area contributed by atoms with Crippen LogP contribution in [0.4, 0.5) is 11.5 Å². The highest BCUT2D eigenvalue weighted by atomic mass is 16.5. The maximum atomic E-state index is 5.44. The highest BCUT2D eigenvalue weighted by Gasteiger charge is 2.15. The summed E-state index contributed by atoms with van der Waals surface area (Å²) in [4.78, 5) is 17.4. The van der Waals surface area contributed by atoms with Gasteiger partial charge in [0, 0.05) is 19.7 Å². The van der Waals surface area contributed by atoms with Gasteiger partial charge in [-0.15, -0.1) is 0 Å². The van der Waals surface area contributed by atoms with Crippen LogP contribution in [0, 0.1) is 0 Å². The predicted octanol–water partition coefficient (Wildman–Crippen LogP) is 3.30. The van der Waals surface area contributed by atoms with Crippen molar-refractivity contribution in [3.63, 3.8) is 0 Å². The number of aromatic nitrogens is 5. The van der Waals surface area contributed by atoms with Crippen LogP contribution in [0.2, 0.25) is 0 Å². The summed E-state index contributed by atoms with van der Waals surface area (Å²) in [5.41, 5.74) is 3.64. The Labute approximate surface area is 157 Å². The molecule has 0 atom stereocenters. The average Bonchev–Trinajstić information content (AvgIpc) is 3.02. The van der Waals surface area contributed by atoms with Crippen LogP contribution in [-0.2, 0) is 19.9 Å². The Bertz CT molecular complexity index is 1050. The summed E-state index contributed by atoms with van der Waals surface area (Å²) in [6.07, 6.45) is 4.95. The van der Waals surface area contributed by atoms with Crippen molar-refractivity contribution in [1.82, 2.24) is 24.5 Å². The minimum Gasteiger partial charge on any atom is -0.479 e. The van der Waals surface area contributed by atoms with E-state index in [-0.39, 0.29) is 0 Å². The first-order valence-electron chi connectivity index (χ1n) is 8.72. The number of nitrogens with zero attached hydrogens (tertiary/aromatic N) is 5. The second kappa shape index (κ2) is 7.41. The zero-order valence-corrected chi connectivity index (χ0v) is 15.3. The van der Waals surface area contributed by atoms with Crippen molar-refractivity contribution in [1.29, 1.82) is 0 Å². The van der Waals surface area contributed by atoms with Crippen molar-refractivity contribution in [2.24, 2.45) is 7.05 Å². The Kier molecular flexibility index (Phi) is 4.65. The molecular formula is C20H20N6O. The minimum atomic E-state index is 0.480. The van der Waals surface area contributed by atoms with E-state index >= 15 is 0 Å². The van der Waals surface area contributed by atoms with Gasteiger partial charge in [0.1, 0.15) is 23.7 Å². The fourth-order valence-corrected chi connectivity index (χ4v) is 3.01. The molecule has 3 heterocycles. The van der Waals surface area contributed by atoms with Gasteiger partial charge in [0.15, 0.2) is 5.65 Å². The van der Waals surface area contributed by atoms with Crippen LogP contribution in [0.15, 0.2) is 55.0 Å². The number of benzene rings is 1. The summed E-state index contributed by atoms with van der Waals surface area (Å²) in [6, 6.07) is 14.2. The summed E-state index contributed by atoms with van der Waals surface area (Å²) in [6.45, 7) is 0. The van der Waals surface area contributed by atoms with Crippen molar-refractivity contribution in [3.05, 3.63) is 66.4 Å². The van der Waals surface area contributed by atoms with E-state index < -0.39 is 0 Å². The number of pyridine rings is 1. The molecule has 7 heteroatoms.